The van der Waals surface area contributed by atoms with E-state index in [-0.39, 0.29) is 0 Å². The maximum absolute atomic E-state index is 5.30. The van der Waals surface area contributed by atoms with Crippen LogP contribution in [0.4, 0.5) is 5.95 Å². The summed E-state index contributed by atoms with van der Waals surface area (Å²) in [6.07, 6.45) is 1.73. The Hall–Kier alpha value is -2.31. The van der Waals surface area contributed by atoms with Crippen molar-refractivity contribution in [2.45, 2.75) is 13.5 Å². The SMILES string of the molecule is Cc1ccc(CNC(=S)Nc2nccc(-c3cccs3)n2)cc1. The second kappa shape index (κ2) is 7.30. The van der Waals surface area contributed by atoms with Gasteiger partial charge in [0.25, 0.3) is 0 Å². The van der Waals surface area contributed by atoms with Gasteiger partial charge in [0.15, 0.2) is 5.11 Å². The number of benzene rings is 1. The van der Waals surface area contributed by atoms with Gasteiger partial charge in [-0.15, -0.1) is 11.3 Å². The molecule has 0 aliphatic rings. The molecule has 0 radical (unpaired) electrons. The van der Waals surface area contributed by atoms with Crippen LogP contribution in [0.1, 0.15) is 11.1 Å². The molecular formula is C17H16N4S2. The van der Waals surface area contributed by atoms with Gasteiger partial charge in [-0.1, -0.05) is 35.9 Å². The Kier molecular flexibility index (Phi) is 4.95. The Morgan fingerprint density at radius 3 is 2.74 bits per heavy atom. The molecule has 0 aliphatic carbocycles. The third kappa shape index (κ3) is 4.34. The van der Waals surface area contributed by atoms with Crippen molar-refractivity contribution in [1.82, 2.24) is 15.3 Å². The minimum absolute atomic E-state index is 0.498. The van der Waals surface area contributed by atoms with Crippen LogP contribution in [-0.4, -0.2) is 15.1 Å². The van der Waals surface area contributed by atoms with Crippen molar-refractivity contribution in [2.75, 3.05) is 5.32 Å². The predicted molar refractivity (Wildman–Crippen MR) is 99.6 cm³/mol. The molecule has 4 nitrogen and oxygen atoms in total. The molecule has 2 aromatic heterocycles. The lowest BCUT2D eigenvalue weighted by molar-refractivity contribution is 0.922. The molecule has 2 N–H and O–H groups in total. The molecular weight excluding hydrogens is 324 g/mol. The van der Waals surface area contributed by atoms with Crippen LogP contribution in [0.2, 0.25) is 0 Å². The zero-order valence-electron chi connectivity index (χ0n) is 12.6. The first-order valence-electron chi connectivity index (χ1n) is 7.18. The van der Waals surface area contributed by atoms with Gasteiger partial charge in [0, 0.05) is 12.7 Å². The van der Waals surface area contributed by atoms with Gasteiger partial charge in [-0.3, -0.25) is 0 Å². The second-order valence-corrected chi connectivity index (χ2v) is 6.39. The van der Waals surface area contributed by atoms with E-state index >= 15 is 0 Å². The summed E-state index contributed by atoms with van der Waals surface area (Å²) in [6.45, 7) is 2.73. The number of thiocarbonyl (C=S) groups is 1. The summed E-state index contributed by atoms with van der Waals surface area (Å²) in [7, 11) is 0. The van der Waals surface area contributed by atoms with Gasteiger partial charge < -0.3 is 10.6 Å². The molecule has 0 aliphatic heterocycles. The number of rotatable bonds is 4. The van der Waals surface area contributed by atoms with Crippen LogP contribution in [0.3, 0.4) is 0 Å². The molecule has 0 bridgehead atoms. The summed E-state index contributed by atoms with van der Waals surface area (Å²) >= 11 is 6.95. The average molecular weight is 340 g/mol. The van der Waals surface area contributed by atoms with E-state index < -0.39 is 0 Å². The maximum Gasteiger partial charge on any atom is 0.229 e. The fraction of sp³-hybridized carbons (Fsp3) is 0.118. The highest BCUT2D eigenvalue weighted by Gasteiger charge is 2.04. The molecule has 6 heteroatoms. The highest BCUT2D eigenvalue weighted by molar-refractivity contribution is 7.80. The molecule has 0 spiro atoms. The van der Waals surface area contributed by atoms with Crippen LogP contribution in [0.5, 0.6) is 0 Å². The number of aryl methyl sites for hydroxylation is 1. The van der Waals surface area contributed by atoms with Gasteiger partial charge in [0.05, 0.1) is 10.6 Å². The summed E-state index contributed by atoms with van der Waals surface area (Å²) < 4.78 is 0. The van der Waals surface area contributed by atoms with Gasteiger partial charge in [-0.05, 0) is 42.2 Å². The monoisotopic (exact) mass is 340 g/mol. The Morgan fingerprint density at radius 1 is 1.17 bits per heavy atom. The van der Waals surface area contributed by atoms with Crippen LogP contribution in [0.15, 0.2) is 54.0 Å². The largest absolute Gasteiger partial charge is 0.358 e. The summed E-state index contributed by atoms with van der Waals surface area (Å²) in [5.41, 5.74) is 3.31. The third-order valence-electron chi connectivity index (χ3n) is 3.23. The molecule has 0 fully saturated rings. The van der Waals surface area contributed by atoms with Gasteiger partial charge in [0.1, 0.15) is 0 Å². The fourth-order valence-corrected chi connectivity index (χ4v) is 2.87. The first-order valence-corrected chi connectivity index (χ1v) is 8.47. The molecule has 0 amide bonds. The topological polar surface area (TPSA) is 49.8 Å². The zero-order valence-corrected chi connectivity index (χ0v) is 14.2. The Labute approximate surface area is 144 Å². The molecule has 3 rings (SSSR count). The molecule has 116 valence electrons. The summed E-state index contributed by atoms with van der Waals surface area (Å²) in [4.78, 5) is 9.80. The van der Waals surface area contributed by atoms with Crippen LogP contribution in [0.25, 0.3) is 10.6 Å². The molecule has 23 heavy (non-hydrogen) atoms. The number of hydrogen-bond donors (Lipinski definition) is 2. The van der Waals surface area contributed by atoms with E-state index in [9.17, 15) is 0 Å². The van der Waals surface area contributed by atoms with Gasteiger partial charge in [0.2, 0.25) is 5.95 Å². The number of thiophene rings is 1. The van der Waals surface area contributed by atoms with Crippen molar-refractivity contribution in [1.29, 1.82) is 0 Å². The molecule has 0 saturated heterocycles. The number of aromatic nitrogens is 2. The minimum Gasteiger partial charge on any atom is -0.358 e. The van der Waals surface area contributed by atoms with Crippen molar-refractivity contribution in [3.05, 3.63) is 65.2 Å². The lowest BCUT2D eigenvalue weighted by Crippen LogP contribution is -2.28. The third-order valence-corrected chi connectivity index (χ3v) is 4.37. The predicted octanol–water partition coefficient (Wildman–Crippen LogP) is 4.00. The first-order chi connectivity index (χ1) is 11.2. The molecule has 1 aromatic carbocycles. The standard InChI is InChI=1S/C17H16N4S2/c1-12-4-6-13(7-5-12)11-19-17(22)21-16-18-9-8-14(20-16)15-3-2-10-23-15/h2-10H,11H2,1H3,(H2,18,19,20,21,22). The number of nitrogens with one attached hydrogen (secondary N) is 2. The lowest BCUT2D eigenvalue weighted by atomic mass is 10.1. The Morgan fingerprint density at radius 2 is 2.00 bits per heavy atom. The van der Waals surface area contributed by atoms with E-state index in [1.54, 1.807) is 17.5 Å². The van der Waals surface area contributed by atoms with Crippen molar-refractivity contribution in [2.24, 2.45) is 0 Å². The zero-order chi connectivity index (χ0) is 16.1. The second-order valence-electron chi connectivity index (χ2n) is 5.04. The van der Waals surface area contributed by atoms with Crippen molar-refractivity contribution in [3.63, 3.8) is 0 Å². The van der Waals surface area contributed by atoms with Crippen molar-refractivity contribution >= 4 is 34.6 Å². The van der Waals surface area contributed by atoms with Gasteiger partial charge in [-0.2, -0.15) is 0 Å². The minimum atomic E-state index is 0.498. The van der Waals surface area contributed by atoms with Gasteiger partial charge in [-0.25, -0.2) is 9.97 Å². The van der Waals surface area contributed by atoms with Crippen molar-refractivity contribution < 1.29 is 0 Å². The van der Waals surface area contributed by atoms with E-state index in [1.165, 1.54) is 11.1 Å². The van der Waals surface area contributed by atoms with E-state index in [0.717, 1.165) is 10.6 Å². The lowest BCUT2D eigenvalue weighted by Gasteiger charge is -2.10. The van der Waals surface area contributed by atoms with E-state index in [1.807, 2.05) is 23.6 Å². The Balaban J connectivity index is 1.59. The Bertz CT molecular complexity index is 783. The fourth-order valence-electron chi connectivity index (χ4n) is 2.01. The molecule has 0 atom stereocenters. The molecule has 2 heterocycles. The summed E-state index contributed by atoms with van der Waals surface area (Å²) in [5, 5.41) is 8.73. The molecule has 0 saturated carbocycles. The van der Waals surface area contributed by atoms with Crippen LogP contribution >= 0.6 is 23.6 Å². The van der Waals surface area contributed by atoms with Crippen LogP contribution in [-0.2, 0) is 6.54 Å². The highest BCUT2D eigenvalue weighted by atomic mass is 32.1. The summed E-state index contributed by atoms with van der Waals surface area (Å²) in [5.74, 6) is 0.498. The van der Waals surface area contributed by atoms with E-state index in [0.29, 0.717) is 17.6 Å². The maximum atomic E-state index is 5.30. The van der Waals surface area contributed by atoms with Gasteiger partial charge >= 0.3 is 0 Å². The van der Waals surface area contributed by atoms with Crippen LogP contribution in [0, 0.1) is 6.92 Å². The van der Waals surface area contributed by atoms with E-state index in [4.69, 9.17) is 12.2 Å². The smallest absolute Gasteiger partial charge is 0.229 e. The molecule has 3 aromatic rings. The number of hydrogen-bond acceptors (Lipinski definition) is 4. The first kappa shape index (κ1) is 15.6. The average Bonchev–Trinajstić information content (AvgIpc) is 3.09. The number of anilines is 1. The quantitative estimate of drug-likeness (QED) is 0.703. The summed E-state index contributed by atoms with van der Waals surface area (Å²) in [6, 6.07) is 14.3. The molecule has 0 unspecified atom stereocenters. The normalized spacial score (nSPS) is 10.3. The highest BCUT2D eigenvalue weighted by Crippen LogP contribution is 2.22. The van der Waals surface area contributed by atoms with Crippen molar-refractivity contribution in [3.8, 4) is 10.6 Å². The van der Waals surface area contributed by atoms with Crippen LogP contribution < -0.4 is 10.6 Å². The number of nitrogens with zero attached hydrogens (tertiary/aromatic N) is 2. The van der Waals surface area contributed by atoms with E-state index in [2.05, 4.69) is 51.8 Å².